The van der Waals surface area contributed by atoms with Crippen molar-refractivity contribution < 1.29 is 19.4 Å². The maximum atomic E-state index is 11.7. The summed E-state index contributed by atoms with van der Waals surface area (Å²) in [5.74, 6) is -0.904. The fourth-order valence-electron chi connectivity index (χ4n) is 2.35. The van der Waals surface area contributed by atoms with Crippen LogP contribution in [-0.4, -0.2) is 42.1 Å². The summed E-state index contributed by atoms with van der Waals surface area (Å²) < 4.78 is 5.25. The van der Waals surface area contributed by atoms with Crippen molar-refractivity contribution in [2.75, 3.05) is 20.2 Å². The number of carbonyl (C=O) groups excluding carboxylic acids is 1. The summed E-state index contributed by atoms with van der Waals surface area (Å²) in [6, 6.07) is 5.32. The van der Waals surface area contributed by atoms with Crippen molar-refractivity contribution in [1.82, 2.24) is 4.90 Å². The molecule has 5 nitrogen and oxygen atoms in total. The molecule has 1 aromatic carbocycles. The van der Waals surface area contributed by atoms with Gasteiger partial charge in [-0.25, -0.2) is 0 Å². The standard InChI is InChI=1S/C14H16ClNO4/c1-20-12-3-2-11(15)6-9(12)4-5-16-8-10(14(18)19)7-13(16)17/h2-3,6,10H,4-5,7-8H2,1H3,(H,18,19). The molecule has 2 rings (SSSR count). The van der Waals surface area contributed by atoms with Crippen LogP contribution in [0.3, 0.4) is 0 Å². The van der Waals surface area contributed by atoms with Crippen molar-refractivity contribution in [2.45, 2.75) is 12.8 Å². The summed E-state index contributed by atoms with van der Waals surface area (Å²) in [7, 11) is 1.58. The van der Waals surface area contributed by atoms with Crippen LogP contribution in [0.2, 0.25) is 5.02 Å². The van der Waals surface area contributed by atoms with Crippen LogP contribution in [0.25, 0.3) is 0 Å². The first kappa shape index (κ1) is 14.7. The van der Waals surface area contributed by atoms with Gasteiger partial charge in [-0.15, -0.1) is 0 Å². The second kappa shape index (κ2) is 6.13. The molecular weight excluding hydrogens is 282 g/mol. The minimum atomic E-state index is -0.916. The molecule has 108 valence electrons. The number of carboxylic acids is 1. The first-order chi connectivity index (χ1) is 9.51. The summed E-state index contributed by atoms with van der Waals surface area (Å²) >= 11 is 5.95. The number of benzene rings is 1. The zero-order valence-electron chi connectivity index (χ0n) is 11.1. The maximum absolute atomic E-state index is 11.7. The van der Waals surface area contributed by atoms with E-state index < -0.39 is 11.9 Å². The second-order valence-electron chi connectivity index (χ2n) is 4.79. The van der Waals surface area contributed by atoms with Gasteiger partial charge in [-0.3, -0.25) is 9.59 Å². The van der Waals surface area contributed by atoms with Gasteiger partial charge in [0, 0.05) is 24.5 Å². The molecule has 0 aromatic heterocycles. The number of methoxy groups -OCH3 is 1. The van der Waals surface area contributed by atoms with Gasteiger partial charge in [0.1, 0.15) is 5.75 Å². The average molecular weight is 298 g/mol. The Kier molecular flexibility index (Phi) is 4.49. The number of halogens is 1. The Morgan fingerprint density at radius 1 is 1.55 bits per heavy atom. The fourth-order valence-corrected chi connectivity index (χ4v) is 2.55. The third kappa shape index (κ3) is 3.22. The number of hydrogen-bond donors (Lipinski definition) is 1. The number of amides is 1. The third-order valence-corrected chi connectivity index (χ3v) is 3.69. The van der Waals surface area contributed by atoms with E-state index in [9.17, 15) is 9.59 Å². The average Bonchev–Trinajstić information content (AvgIpc) is 2.78. The van der Waals surface area contributed by atoms with Crippen LogP contribution in [-0.2, 0) is 16.0 Å². The highest BCUT2D eigenvalue weighted by Gasteiger charge is 2.33. The molecule has 0 bridgehead atoms. The monoisotopic (exact) mass is 297 g/mol. The van der Waals surface area contributed by atoms with E-state index in [1.54, 1.807) is 30.2 Å². The lowest BCUT2D eigenvalue weighted by Gasteiger charge is -2.17. The van der Waals surface area contributed by atoms with Crippen LogP contribution >= 0.6 is 11.6 Å². The highest BCUT2D eigenvalue weighted by atomic mass is 35.5. The Bertz CT molecular complexity index is 532. The number of likely N-dealkylation sites (tertiary alicyclic amines) is 1. The van der Waals surface area contributed by atoms with E-state index in [1.807, 2.05) is 0 Å². The van der Waals surface area contributed by atoms with Gasteiger partial charge in [0.05, 0.1) is 13.0 Å². The minimum absolute atomic E-state index is 0.0853. The number of nitrogens with zero attached hydrogens (tertiary/aromatic N) is 1. The van der Waals surface area contributed by atoms with Crippen molar-refractivity contribution in [3.63, 3.8) is 0 Å². The highest BCUT2D eigenvalue weighted by Crippen LogP contribution is 2.24. The first-order valence-electron chi connectivity index (χ1n) is 6.34. The molecule has 0 spiro atoms. The smallest absolute Gasteiger partial charge is 0.308 e. The number of rotatable bonds is 5. The van der Waals surface area contributed by atoms with Crippen LogP contribution < -0.4 is 4.74 Å². The van der Waals surface area contributed by atoms with Gasteiger partial charge in [-0.2, -0.15) is 0 Å². The van der Waals surface area contributed by atoms with Gasteiger partial charge in [0.2, 0.25) is 5.91 Å². The Hall–Kier alpha value is -1.75. The molecule has 0 aliphatic carbocycles. The highest BCUT2D eigenvalue weighted by molar-refractivity contribution is 6.30. The fraction of sp³-hybridized carbons (Fsp3) is 0.429. The van der Waals surface area contributed by atoms with Gasteiger partial charge in [-0.05, 0) is 30.2 Å². The zero-order chi connectivity index (χ0) is 14.7. The molecule has 1 atom stereocenters. The van der Waals surface area contributed by atoms with E-state index in [2.05, 4.69) is 0 Å². The number of carboxylic acid groups (broad SMARTS) is 1. The molecule has 1 aromatic rings. The molecule has 1 saturated heterocycles. The Morgan fingerprint density at radius 3 is 2.90 bits per heavy atom. The molecular formula is C14H16ClNO4. The summed E-state index contributed by atoms with van der Waals surface area (Å²) in [5.41, 5.74) is 0.909. The van der Waals surface area contributed by atoms with Crippen molar-refractivity contribution in [3.05, 3.63) is 28.8 Å². The maximum Gasteiger partial charge on any atom is 0.308 e. The van der Waals surface area contributed by atoms with E-state index in [-0.39, 0.29) is 18.9 Å². The van der Waals surface area contributed by atoms with E-state index in [4.69, 9.17) is 21.4 Å². The van der Waals surface area contributed by atoms with Crippen LogP contribution in [0.5, 0.6) is 5.75 Å². The summed E-state index contributed by atoms with van der Waals surface area (Å²) in [6.07, 6.45) is 0.670. The zero-order valence-corrected chi connectivity index (χ0v) is 11.9. The van der Waals surface area contributed by atoms with Gasteiger partial charge >= 0.3 is 5.97 Å². The molecule has 20 heavy (non-hydrogen) atoms. The number of carbonyl (C=O) groups is 2. The van der Waals surface area contributed by atoms with Crippen LogP contribution in [0, 0.1) is 5.92 Å². The SMILES string of the molecule is COc1ccc(Cl)cc1CCN1CC(C(=O)O)CC1=O. The van der Waals surface area contributed by atoms with Gasteiger partial charge in [-0.1, -0.05) is 11.6 Å². The number of hydrogen-bond acceptors (Lipinski definition) is 3. The van der Waals surface area contributed by atoms with Gasteiger partial charge in [0.25, 0.3) is 0 Å². The Balaban J connectivity index is 2.01. The molecule has 0 radical (unpaired) electrons. The Labute approximate surface area is 122 Å². The molecule has 1 heterocycles. The van der Waals surface area contributed by atoms with Crippen LogP contribution in [0.4, 0.5) is 0 Å². The number of aliphatic carboxylic acids is 1. The summed E-state index contributed by atoms with van der Waals surface area (Å²) in [6.45, 7) is 0.746. The van der Waals surface area contributed by atoms with Crippen LogP contribution in [0.1, 0.15) is 12.0 Å². The second-order valence-corrected chi connectivity index (χ2v) is 5.22. The summed E-state index contributed by atoms with van der Waals surface area (Å²) in [5, 5.41) is 9.54. The molecule has 1 aliphatic heterocycles. The van der Waals surface area contributed by atoms with Crippen molar-refractivity contribution >= 4 is 23.5 Å². The van der Waals surface area contributed by atoms with E-state index in [0.29, 0.717) is 18.0 Å². The van der Waals surface area contributed by atoms with E-state index in [1.165, 1.54) is 0 Å². The number of ether oxygens (including phenoxy) is 1. The normalized spacial score (nSPS) is 18.4. The molecule has 1 amide bonds. The molecule has 1 unspecified atom stereocenters. The van der Waals surface area contributed by atoms with E-state index >= 15 is 0 Å². The third-order valence-electron chi connectivity index (χ3n) is 3.46. The topological polar surface area (TPSA) is 66.8 Å². The molecule has 1 fully saturated rings. The van der Waals surface area contributed by atoms with Crippen molar-refractivity contribution in [3.8, 4) is 5.75 Å². The molecule has 6 heteroatoms. The van der Waals surface area contributed by atoms with Gasteiger partial charge in [0.15, 0.2) is 0 Å². The molecule has 1 aliphatic rings. The predicted octanol–water partition coefficient (Wildman–Crippen LogP) is 1.82. The largest absolute Gasteiger partial charge is 0.496 e. The summed E-state index contributed by atoms with van der Waals surface area (Å²) in [4.78, 5) is 24.2. The van der Waals surface area contributed by atoms with Crippen LogP contribution in [0.15, 0.2) is 18.2 Å². The lowest BCUT2D eigenvalue weighted by molar-refractivity contribution is -0.141. The minimum Gasteiger partial charge on any atom is -0.496 e. The van der Waals surface area contributed by atoms with Crippen molar-refractivity contribution in [1.29, 1.82) is 0 Å². The predicted molar refractivity (Wildman–Crippen MR) is 74.0 cm³/mol. The lowest BCUT2D eigenvalue weighted by atomic mass is 10.1. The first-order valence-corrected chi connectivity index (χ1v) is 6.72. The molecule has 1 N–H and O–H groups in total. The van der Waals surface area contributed by atoms with Gasteiger partial charge < -0.3 is 14.7 Å². The molecule has 0 saturated carbocycles. The quantitative estimate of drug-likeness (QED) is 0.900. The van der Waals surface area contributed by atoms with E-state index in [0.717, 1.165) is 11.3 Å². The lowest BCUT2D eigenvalue weighted by Crippen LogP contribution is -2.28. The Morgan fingerprint density at radius 2 is 2.30 bits per heavy atom. The van der Waals surface area contributed by atoms with Crippen molar-refractivity contribution in [2.24, 2.45) is 5.92 Å².